The van der Waals surface area contributed by atoms with Gasteiger partial charge in [-0.05, 0) is 84.7 Å². The summed E-state index contributed by atoms with van der Waals surface area (Å²) in [6.07, 6.45) is -5.03. The maximum atomic E-state index is 14.5. The lowest BCUT2D eigenvalue weighted by Gasteiger charge is -2.47. The fraction of sp³-hybridized carbons (Fsp3) is 0.714. The van der Waals surface area contributed by atoms with Crippen molar-refractivity contribution in [1.29, 1.82) is 0 Å². The predicted molar refractivity (Wildman–Crippen MR) is 218 cm³/mol. The number of ether oxygens (including phenoxy) is 5. The zero-order valence-corrected chi connectivity index (χ0v) is 36.5. The Kier molecular flexibility index (Phi) is 15.0. The zero-order valence-electron chi connectivity index (χ0n) is 35.7. The topological polar surface area (TPSA) is 188 Å². The number of hydrogen-bond donors (Lipinski definition) is 2. The van der Waals surface area contributed by atoms with Crippen molar-refractivity contribution in [1.82, 2.24) is 9.88 Å². The van der Waals surface area contributed by atoms with E-state index in [-0.39, 0.29) is 44.8 Å². The van der Waals surface area contributed by atoms with Crippen molar-refractivity contribution in [2.45, 2.75) is 142 Å². The van der Waals surface area contributed by atoms with E-state index >= 15 is 0 Å². The molecule has 1 amide bonds. The number of esters is 1. The van der Waals surface area contributed by atoms with Crippen molar-refractivity contribution in [2.24, 2.45) is 33.8 Å². The first-order valence-corrected chi connectivity index (χ1v) is 21.1. The highest BCUT2D eigenvalue weighted by atomic mass is 32.1. The van der Waals surface area contributed by atoms with E-state index in [2.05, 4.69) is 15.1 Å². The standard InChI is InChI=1S/C42H62N4O11S/c1-12-33-42(9,51)38-24(4)34(44-27(7)47)22(2)17-41(8,53-20-29(19-52-38)45-54-18-28-13-14-30-32(16-28)58-21-43-30)37(25(5)35(48)26(6)39(50)56-33)57-40-36(49)31(46(10)11)15-23(3)55-40/h13-14,16,21-26,31,33,36-38,40,49,51H,12,15,17-20H2,1-11H3/b44-34?,45-29+/t22-,23-,24+,25+,26-,31+,33-,36-,37-,38+,40+,41-,42-/m1/s1. The maximum Gasteiger partial charge on any atom is 0.316 e. The van der Waals surface area contributed by atoms with Gasteiger partial charge in [-0.15, -0.1) is 11.3 Å². The van der Waals surface area contributed by atoms with Crippen molar-refractivity contribution in [3.05, 3.63) is 29.3 Å². The van der Waals surface area contributed by atoms with Gasteiger partial charge in [0.2, 0.25) is 5.91 Å². The van der Waals surface area contributed by atoms with Crippen LogP contribution >= 0.6 is 11.3 Å². The van der Waals surface area contributed by atoms with Gasteiger partial charge in [0, 0.05) is 30.5 Å². The summed E-state index contributed by atoms with van der Waals surface area (Å²) in [6, 6.07) is 5.50. The smallest absolute Gasteiger partial charge is 0.316 e. The Morgan fingerprint density at radius 3 is 2.50 bits per heavy atom. The molecule has 3 saturated heterocycles. The molecule has 1 aromatic heterocycles. The summed E-state index contributed by atoms with van der Waals surface area (Å²) < 4.78 is 33.5. The Hall–Kier alpha value is -3.22. The number of benzene rings is 1. The average molecular weight is 831 g/mol. The third-order valence-corrected chi connectivity index (χ3v) is 12.7. The minimum absolute atomic E-state index is 0.129. The molecule has 0 aliphatic carbocycles. The maximum absolute atomic E-state index is 14.5. The zero-order chi connectivity index (χ0) is 42.7. The number of fused-ring (bicyclic) bond motifs is 6. The molecule has 2 bridgehead atoms. The van der Waals surface area contributed by atoms with Crippen molar-refractivity contribution >= 4 is 50.6 Å². The van der Waals surface area contributed by atoms with E-state index in [1.165, 1.54) is 32.1 Å². The Bertz CT molecular complexity index is 1830. The second-order valence-corrected chi connectivity index (χ2v) is 17.9. The van der Waals surface area contributed by atoms with Gasteiger partial charge in [0.15, 0.2) is 12.1 Å². The molecule has 0 saturated carbocycles. The second kappa shape index (κ2) is 19.0. The lowest BCUT2D eigenvalue weighted by atomic mass is 9.73. The molecule has 15 nitrogen and oxygen atoms in total. The van der Waals surface area contributed by atoms with E-state index in [1.807, 2.05) is 58.0 Å². The quantitative estimate of drug-likeness (QED) is 0.222. The number of oxime groups is 1. The average Bonchev–Trinajstić information content (AvgIpc) is 3.63. The van der Waals surface area contributed by atoms with E-state index in [0.717, 1.165) is 15.8 Å². The number of likely N-dealkylation sites (N-methyl/N-ethyl adjacent to an activating group) is 1. The number of nitrogens with zero attached hydrogens (tertiary/aromatic N) is 4. The van der Waals surface area contributed by atoms with Crippen LogP contribution in [-0.4, -0.2) is 131 Å². The highest BCUT2D eigenvalue weighted by Crippen LogP contribution is 2.40. The van der Waals surface area contributed by atoms with Gasteiger partial charge in [-0.3, -0.25) is 14.4 Å². The number of aromatic nitrogens is 1. The number of Topliss-reactive ketones (excluding diaryl/α,β-unsaturated/α-hetero) is 1. The van der Waals surface area contributed by atoms with E-state index in [0.29, 0.717) is 17.8 Å². The van der Waals surface area contributed by atoms with Crippen LogP contribution in [0, 0.1) is 23.7 Å². The van der Waals surface area contributed by atoms with Gasteiger partial charge >= 0.3 is 5.97 Å². The largest absolute Gasteiger partial charge is 0.459 e. The number of amides is 1. The third kappa shape index (κ3) is 10.2. The molecule has 2 aromatic rings. The molecule has 3 fully saturated rings. The van der Waals surface area contributed by atoms with Gasteiger partial charge in [-0.1, -0.05) is 38.9 Å². The number of ketones is 1. The molecule has 5 rings (SSSR count). The lowest BCUT2D eigenvalue weighted by molar-refractivity contribution is -0.296. The molecule has 322 valence electrons. The van der Waals surface area contributed by atoms with Gasteiger partial charge in [0.1, 0.15) is 36.0 Å². The minimum atomic E-state index is -1.84. The SMILES string of the molecule is CC[C@H]1OC(=O)[C@H](C)C(=O)[C@H](C)[C@@H](O[C@@H]2O[C@H](C)C[C@H](N(C)C)[C@H]2O)[C@@]2(C)C[C@@H](C)C(=NC(C)=O)[C@H](C)[C@H](OC/C(=N\OCc3ccc4ncsc4c3)CO2)[C@]1(C)O. The third-order valence-electron chi connectivity index (χ3n) is 11.9. The molecule has 16 heteroatoms. The van der Waals surface area contributed by atoms with Crippen LogP contribution in [0.3, 0.4) is 0 Å². The van der Waals surface area contributed by atoms with E-state index < -0.39 is 83.2 Å². The van der Waals surface area contributed by atoms with Crippen LogP contribution in [0.4, 0.5) is 0 Å². The van der Waals surface area contributed by atoms with E-state index in [1.54, 1.807) is 26.3 Å². The number of aliphatic hydroxyl groups is 2. The number of hydrogen-bond acceptors (Lipinski definition) is 15. The number of aliphatic hydroxyl groups excluding tert-OH is 1. The molecular weight excluding hydrogens is 769 g/mol. The van der Waals surface area contributed by atoms with E-state index in [4.69, 9.17) is 28.5 Å². The first-order chi connectivity index (χ1) is 27.3. The monoisotopic (exact) mass is 830 g/mol. The predicted octanol–water partition coefficient (Wildman–Crippen LogP) is 4.73. The highest BCUT2D eigenvalue weighted by Gasteiger charge is 2.53. The number of thiazole rings is 1. The fourth-order valence-corrected chi connectivity index (χ4v) is 9.53. The van der Waals surface area contributed by atoms with Crippen molar-refractivity contribution in [2.75, 3.05) is 27.3 Å². The Morgan fingerprint density at radius 1 is 1.10 bits per heavy atom. The van der Waals surface area contributed by atoms with Crippen LogP contribution in [0.15, 0.2) is 33.9 Å². The number of carbonyl (C=O) groups excluding carboxylic acids is 3. The second-order valence-electron chi connectivity index (χ2n) is 17.0. The normalized spacial score (nSPS) is 38.6. The first kappa shape index (κ1) is 45.9. The minimum Gasteiger partial charge on any atom is -0.459 e. The summed E-state index contributed by atoms with van der Waals surface area (Å²) in [7, 11) is 3.74. The summed E-state index contributed by atoms with van der Waals surface area (Å²) in [4.78, 5) is 57.8. The molecule has 4 heterocycles. The van der Waals surface area contributed by atoms with Crippen LogP contribution in [-0.2, 0) is 49.5 Å². The molecule has 0 spiro atoms. The molecule has 13 atom stereocenters. The van der Waals surface area contributed by atoms with Crippen LogP contribution in [0.5, 0.6) is 0 Å². The Labute approximate surface area is 345 Å². The van der Waals surface area contributed by atoms with Gasteiger partial charge in [0.25, 0.3) is 0 Å². The van der Waals surface area contributed by atoms with Crippen LogP contribution in [0.25, 0.3) is 10.2 Å². The molecule has 0 radical (unpaired) electrons. The summed E-state index contributed by atoms with van der Waals surface area (Å²) in [6.45, 7) is 15.0. The molecule has 0 unspecified atom stereocenters. The molecule has 3 aliphatic heterocycles. The fourth-order valence-electron chi connectivity index (χ4n) is 8.79. The molecule has 2 N–H and O–H groups in total. The summed E-state index contributed by atoms with van der Waals surface area (Å²) in [5.74, 6) is -5.26. The van der Waals surface area contributed by atoms with Crippen LogP contribution in [0.1, 0.15) is 87.1 Å². The van der Waals surface area contributed by atoms with Gasteiger partial charge in [-0.2, -0.15) is 0 Å². The summed E-state index contributed by atoms with van der Waals surface area (Å²) >= 11 is 1.52. The number of cyclic esters (lactones) is 1. The summed E-state index contributed by atoms with van der Waals surface area (Å²) in [5.41, 5.74) is 1.05. The van der Waals surface area contributed by atoms with Gasteiger partial charge < -0.3 is 43.6 Å². The van der Waals surface area contributed by atoms with E-state index in [9.17, 15) is 24.6 Å². The number of aliphatic imine (C=N–C) groups is 1. The molecule has 3 aliphatic rings. The van der Waals surface area contributed by atoms with Crippen molar-refractivity contribution in [3.8, 4) is 0 Å². The van der Waals surface area contributed by atoms with Crippen molar-refractivity contribution < 1.29 is 53.1 Å². The van der Waals surface area contributed by atoms with Crippen LogP contribution in [0.2, 0.25) is 0 Å². The molecular formula is C42H62N4O11S. The first-order valence-electron chi connectivity index (χ1n) is 20.2. The highest BCUT2D eigenvalue weighted by molar-refractivity contribution is 7.16. The van der Waals surface area contributed by atoms with Crippen molar-refractivity contribution in [3.63, 3.8) is 0 Å². The lowest BCUT2D eigenvalue weighted by Crippen LogP contribution is -2.60. The van der Waals surface area contributed by atoms with Gasteiger partial charge in [-0.25, -0.2) is 9.98 Å². The molecule has 1 aromatic carbocycles. The number of rotatable bonds is 7. The molecule has 58 heavy (non-hydrogen) atoms. The number of carbonyl (C=O) groups is 3. The van der Waals surface area contributed by atoms with Crippen LogP contribution < -0.4 is 0 Å². The Balaban J connectivity index is 1.66. The summed E-state index contributed by atoms with van der Waals surface area (Å²) in [5, 5.41) is 28.6. The van der Waals surface area contributed by atoms with Gasteiger partial charge in [0.05, 0.1) is 52.9 Å². The Morgan fingerprint density at radius 2 is 1.83 bits per heavy atom.